The monoisotopic (exact) mass is 208 g/mol. The zero-order valence-electron chi connectivity index (χ0n) is 7.64. The molecular formula is C9H10N3OS. The van der Waals surface area contributed by atoms with Crippen LogP contribution in [0.15, 0.2) is 10.1 Å². The highest BCUT2D eigenvalue weighted by Crippen LogP contribution is 2.37. The average molecular weight is 208 g/mol. The molecule has 3 aliphatic rings. The number of amides is 1. The highest BCUT2D eigenvalue weighted by Gasteiger charge is 2.34. The summed E-state index contributed by atoms with van der Waals surface area (Å²) in [5.41, 5.74) is 3.91. The van der Waals surface area contributed by atoms with Gasteiger partial charge in [0, 0.05) is 11.8 Å². The summed E-state index contributed by atoms with van der Waals surface area (Å²) in [6.45, 7) is 0. The quantitative estimate of drug-likeness (QED) is 0.687. The minimum atomic E-state index is -0.0107. The first-order valence-electron chi connectivity index (χ1n) is 4.92. The van der Waals surface area contributed by atoms with Crippen LogP contribution in [0.3, 0.4) is 0 Å². The first kappa shape index (κ1) is 8.47. The maximum absolute atomic E-state index is 11.3. The molecule has 0 bridgehead atoms. The second-order valence-corrected chi connectivity index (χ2v) is 4.91. The molecule has 0 aromatic carbocycles. The Morgan fingerprint density at radius 1 is 1.36 bits per heavy atom. The molecule has 1 heterocycles. The van der Waals surface area contributed by atoms with Crippen LogP contribution in [0.4, 0.5) is 0 Å². The first-order chi connectivity index (χ1) is 6.83. The van der Waals surface area contributed by atoms with E-state index in [0.29, 0.717) is 11.1 Å². The lowest BCUT2D eigenvalue weighted by atomic mass is 10.4. The van der Waals surface area contributed by atoms with Gasteiger partial charge in [0.15, 0.2) is 0 Å². The molecule has 0 aromatic heterocycles. The van der Waals surface area contributed by atoms with Crippen molar-refractivity contribution in [2.75, 3.05) is 0 Å². The van der Waals surface area contributed by atoms with E-state index >= 15 is 0 Å². The summed E-state index contributed by atoms with van der Waals surface area (Å²) in [7, 11) is 0. The topological polar surface area (TPSA) is 55.9 Å². The van der Waals surface area contributed by atoms with E-state index in [1.165, 1.54) is 24.6 Å². The van der Waals surface area contributed by atoms with Gasteiger partial charge in [-0.1, -0.05) is 0 Å². The first-order valence-corrected chi connectivity index (χ1v) is 5.73. The van der Waals surface area contributed by atoms with Crippen LogP contribution in [0.5, 0.6) is 0 Å². The molecule has 14 heavy (non-hydrogen) atoms. The molecule has 0 unspecified atom stereocenters. The van der Waals surface area contributed by atoms with Gasteiger partial charge < -0.3 is 0 Å². The Hall–Kier alpha value is -0.840. The van der Waals surface area contributed by atoms with E-state index in [0.717, 1.165) is 17.9 Å². The minimum absolute atomic E-state index is 0.0107. The van der Waals surface area contributed by atoms with Crippen molar-refractivity contribution in [3.8, 4) is 0 Å². The fourth-order valence-electron chi connectivity index (χ4n) is 1.28. The molecule has 2 fully saturated rings. The van der Waals surface area contributed by atoms with Crippen LogP contribution in [0, 0.1) is 11.8 Å². The van der Waals surface area contributed by atoms with E-state index in [9.17, 15) is 4.79 Å². The van der Waals surface area contributed by atoms with Gasteiger partial charge in [-0.05, 0) is 37.4 Å². The maximum Gasteiger partial charge on any atom is 0.251 e. The van der Waals surface area contributed by atoms with Gasteiger partial charge in [-0.25, -0.2) is 0 Å². The number of hydrogen-bond acceptors (Lipinski definition) is 3. The SMILES string of the molecule is O=C(N=C1[N]N=C(C2CC2)S1)C1CC1. The van der Waals surface area contributed by atoms with Crippen LogP contribution in [0.25, 0.3) is 0 Å². The summed E-state index contributed by atoms with van der Waals surface area (Å²) < 4.78 is 0. The van der Waals surface area contributed by atoms with Crippen LogP contribution < -0.4 is 5.43 Å². The predicted octanol–water partition coefficient (Wildman–Crippen LogP) is 1.35. The summed E-state index contributed by atoms with van der Waals surface area (Å²) in [5.74, 6) is 0.777. The van der Waals surface area contributed by atoms with Gasteiger partial charge in [-0.15, -0.1) is 10.5 Å². The molecule has 0 aromatic rings. The van der Waals surface area contributed by atoms with Crippen molar-refractivity contribution in [1.82, 2.24) is 5.43 Å². The van der Waals surface area contributed by atoms with Crippen molar-refractivity contribution in [3.63, 3.8) is 0 Å². The van der Waals surface area contributed by atoms with Crippen molar-refractivity contribution in [2.24, 2.45) is 21.9 Å². The van der Waals surface area contributed by atoms with Crippen molar-refractivity contribution in [3.05, 3.63) is 0 Å². The van der Waals surface area contributed by atoms with E-state index in [2.05, 4.69) is 15.5 Å². The molecule has 0 N–H and O–H groups in total. The number of nitrogens with zero attached hydrogens (tertiary/aromatic N) is 3. The van der Waals surface area contributed by atoms with Crippen LogP contribution >= 0.6 is 11.8 Å². The molecule has 0 spiro atoms. The summed E-state index contributed by atoms with van der Waals surface area (Å²) in [6.07, 6.45) is 4.42. The minimum Gasteiger partial charge on any atom is -0.272 e. The normalized spacial score (nSPS) is 28.9. The molecule has 1 radical (unpaired) electrons. The van der Waals surface area contributed by atoms with Gasteiger partial charge >= 0.3 is 0 Å². The maximum atomic E-state index is 11.3. The van der Waals surface area contributed by atoms with Gasteiger partial charge in [0.05, 0.1) is 0 Å². The van der Waals surface area contributed by atoms with Crippen molar-refractivity contribution < 1.29 is 4.79 Å². The lowest BCUT2D eigenvalue weighted by molar-refractivity contribution is -0.118. The molecular weight excluding hydrogens is 198 g/mol. The second-order valence-electron chi connectivity index (χ2n) is 3.92. The molecule has 5 heteroatoms. The van der Waals surface area contributed by atoms with E-state index in [1.54, 1.807) is 0 Å². The summed E-state index contributed by atoms with van der Waals surface area (Å²) in [4.78, 5) is 15.3. The Balaban J connectivity index is 1.62. The Morgan fingerprint density at radius 2 is 2.14 bits per heavy atom. The van der Waals surface area contributed by atoms with Crippen LogP contribution in [-0.4, -0.2) is 16.1 Å². The van der Waals surface area contributed by atoms with Crippen molar-refractivity contribution >= 4 is 27.9 Å². The van der Waals surface area contributed by atoms with Gasteiger partial charge in [0.25, 0.3) is 5.91 Å². The Morgan fingerprint density at radius 3 is 2.79 bits per heavy atom. The highest BCUT2D eigenvalue weighted by atomic mass is 32.2. The van der Waals surface area contributed by atoms with Gasteiger partial charge in [-0.2, -0.15) is 4.99 Å². The van der Waals surface area contributed by atoms with Gasteiger partial charge in [0.1, 0.15) is 5.04 Å². The molecule has 4 nitrogen and oxygen atoms in total. The zero-order valence-corrected chi connectivity index (χ0v) is 8.46. The highest BCUT2D eigenvalue weighted by molar-refractivity contribution is 8.26. The average Bonchev–Trinajstić information content (AvgIpc) is 3.06. The predicted molar refractivity (Wildman–Crippen MR) is 55.1 cm³/mol. The lowest BCUT2D eigenvalue weighted by Gasteiger charge is -1.91. The van der Waals surface area contributed by atoms with E-state index < -0.39 is 0 Å². The Kier molecular flexibility index (Phi) is 1.87. The number of aliphatic imine (C=N–C) groups is 1. The van der Waals surface area contributed by atoms with E-state index in [-0.39, 0.29) is 11.8 Å². The third-order valence-corrected chi connectivity index (χ3v) is 3.47. The van der Waals surface area contributed by atoms with Gasteiger partial charge in [0.2, 0.25) is 5.17 Å². The summed E-state index contributed by atoms with van der Waals surface area (Å²) in [5, 5.41) is 5.63. The number of rotatable bonds is 2. The van der Waals surface area contributed by atoms with Crippen molar-refractivity contribution in [1.29, 1.82) is 0 Å². The summed E-state index contributed by atoms with van der Waals surface area (Å²) in [6, 6.07) is 0. The standard InChI is InChI=1S/C9H10N3OS/c13-7(5-1-2-5)10-9-12-11-8(14-9)6-3-4-6/h5-6H,1-4H2. The third kappa shape index (κ3) is 1.68. The van der Waals surface area contributed by atoms with Crippen LogP contribution in [0.1, 0.15) is 25.7 Å². The third-order valence-electron chi connectivity index (χ3n) is 2.49. The number of carbonyl (C=O) groups is 1. The molecule has 2 aliphatic carbocycles. The van der Waals surface area contributed by atoms with E-state index in [1.807, 2.05) is 0 Å². The fraction of sp³-hybridized carbons (Fsp3) is 0.667. The molecule has 73 valence electrons. The van der Waals surface area contributed by atoms with Crippen LogP contribution in [-0.2, 0) is 4.79 Å². The lowest BCUT2D eigenvalue weighted by Crippen LogP contribution is -2.05. The molecule has 0 saturated heterocycles. The molecule has 1 amide bonds. The Bertz CT molecular complexity index is 342. The van der Waals surface area contributed by atoms with Crippen molar-refractivity contribution in [2.45, 2.75) is 25.7 Å². The van der Waals surface area contributed by atoms with Crippen LogP contribution in [0.2, 0.25) is 0 Å². The molecule has 3 rings (SSSR count). The molecule has 2 saturated carbocycles. The number of carbonyl (C=O) groups excluding carboxylic acids is 1. The van der Waals surface area contributed by atoms with E-state index in [4.69, 9.17) is 0 Å². The largest absolute Gasteiger partial charge is 0.272 e. The number of thioether (sulfide) groups is 1. The fourth-order valence-corrected chi connectivity index (χ4v) is 2.17. The Labute approximate surface area is 86.2 Å². The number of hydrogen-bond donors (Lipinski definition) is 0. The molecule has 0 atom stereocenters. The number of amidine groups is 1. The molecule has 1 aliphatic heterocycles. The summed E-state index contributed by atoms with van der Waals surface area (Å²) >= 11 is 1.47. The smallest absolute Gasteiger partial charge is 0.251 e. The zero-order chi connectivity index (χ0) is 9.54. The van der Waals surface area contributed by atoms with Gasteiger partial charge in [-0.3, -0.25) is 4.79 Å². The second kappa shape index (κ2) is 3.08.